The molecule has 1 unspecified atom stereocenters. The summed E-state index contributed by atoms with van der Waals surface area (Å²) in [6, 6.07) is 7.73. The fraction of sp³-hybridized carbons (Fsp3) is 0.778. The molecule has 48 heavy (non-hydrogen) atoms. The third-order valence-electron chi connectivity index (χ3n) is 10.4. The van der Waals surface area contributed by atoms with Crippen LogP contribution in [0.3, 0.4) is 0 Å². The van der Waals surface area contributed by atoms with E-state index in [0.29, 0.717) is 18.5 Å². The number of hydrogen-bond acceptors (Lipinski definition) is 12. The first-order chi connectivity index (χ1) is 22.3. The Morgan fingerprint density at radius 2 is 1.71 bits per heavy atom. The van der Waals surface area contributed by atoms with Gasteiger partial charge in [0.05, 0.1) is 41.4 Å². The minimum absolute atomic E-state index is 0.148. The summed E-state index contributed by atoms with van der Waals surface area (Å²) >= 11 is 0. The van der Waals surface area contributed by atoms with Crippen LogP contribution in [0, 0.1) is 17.8 Å². The topological polar surface area (TPSA) is 167 Å². The van der Waals surface area contributed by atoms with Crippen LogP contribution in [0.4, 0.5) is 0 Å². The van der Waals surface area contributed by atoms with Gasteiger partial charge in [0.15, 0.2) is 12.4 Å². The highest BCUT2D eigenvalue weighted by molar-refractivity contribution is 5.89. The number of carbonyl (C=O) groups excluding carboxylic acids is 2. The number of aliphatic hydroxyl groups excluding tert-OH is 2. The van der Waals surface area contributed by atoms with Gasteiger partial charge >= 0.3 is 11.9 Å². The number of cyclic esters (lactones) is 1. The van der Waals surface area contributed by atoms with Crippen LogP contribution in [-0.4, -0.2) is 124 Å². The molecule has 2 heterocycles. The molecule has 0 amide bonds. The highest BCUT2D eigenvalue weighted by atomic mass is 16.7. The van der Waals surface area contributed by atoms with Gasteiger partial charge in [0.2, 0.25) is 0 Å². The van der Waals surface area contributed by atoms with Crippen molar-refractivity contribution < 1.29 is 49.0 Å². The molecular weight excluding hydrogens is 620 g/mol. The number of nitrogens with zero attached hydrogens (tertiary/aromatic N) is 1. The Balaban J connectivity index is 2.03. The van der Waals surface area contributed by atoms with Crippen molar-refractivity contribution in [2.45, 2.75) is 141 Å². The van der Waals surface area contributed by atoms with Gasteiger partial charge in [-0.2, -0.15) is 0 Å². The van der Waals surface area contributed by atoms with Gasteiger partial charge in [0, 0.05) is 18.5 Å². The predicted octanol–water partition coefficient (Wildman–Crippen LogP) is 2.50. The zero-order chi connectivity index (χ0) is 36.1. The van der Waals surface area contributed by atoms with Crippen molar-refractivity contribution in [2.24, 2.45) is 17.8 Å². The Kier molecular flexibility index (Phi) is 14.0. The minimum atomic E-state index is -1.78. The van der Waals surface area contributed by atoms with E-state index in [2.05, 4.69) is 5.32 Å². The molecule has 0 saturated carbocycles. The van der Waals surface area contributed by atoms with Crippen molar-refractivity contribution in [1.82, 2.24) is 10.2 Å². The van der Waals surface area contributed by atoms with Gasteiger partial charge in [0.25, 0.3) is 0 Å². The fourth-order valence-electron chi connectivity index (χ4n) is 7.42. The van der Waals surface area contributed by atoms with Crippen LogP contribution >= 0.6 is 0 Å². The first-order valence-electron chi connectivity index (χ1n) is 17.3. The molecule has 2 aliphatic heterocycles. The average molecular weight is 681 g/mol. The zero-order valence-corrected chi connectivity index (χ0v) is 30.3. The highest BCUT2D eigenvalue weighted by Gasteiger charge is 2.50. The van der Waals surface area contributed by atoms with Crippen molar-refractivity contribution in [3.63, 3.8) is 0 Å². The van der Waals surface area contributed by atoms with Crippen LogP contribution in [0.1, 0.15) is 85.0 Å². The van der Waals surface area contributed by atoms with Crippen molar-refractivity contribution in [1.29, 1.82) is 0 Å². The lowest BCUT2D eigenvalue weighted by atomic mass is 9.78. The van der Waals surface area contributed by atoms with Crippen LogP contribution in [0.15, 0.2) is 30.3 Å². The molecule has 12 heteroatoms. The maximum Gasteiger partial charge on any atom is 0.338 e. The fourth-order valence-corrected chi connectivity index (χ4v) is 7.42. The van der Waals surface area contributed by atoms with E-state index in [1.54, 1.807) is 65.1 Å². The lowest BCUT2D eigenvalue weighted by molar-refractivity contribution is -0.293. The number of hydrogen-bond donors (Lipinski definition) is 5. The molecule has 0 spiro atoms. The molecule has 0 aromatic heterocycles. The van der Waals surface area contributed by atoms with Crippen LogP contribution in [0.2, 0.25) is 0 Å². The smallest absolute Gasteiger partial charge is 0.338 e. The molecule has 1 aromatic rings. The quantitative estimate of drug-likeness (QED) is 0.279. The lowest BCUT2D eigenvalue weighted by Gasteiger charge is -2.46. The van der Waals surface area contributed by atoms with E-state index in [1.807, 2.05) is 25.8 Å². The molecule has 14 atom stereocenters. The molecule has 2 saturated heterocycles. The van der Waals surface area contributed by atoms with Crippen molar-refractivity contribution in [3.8, 4) is 0 Å². The molecule has 12 nitrogen and oxygen atoms in total. The molecule has 0 aliphatic carbocycles. The third-order valence-corrected chi connectivity index (χ3v) is 10.4. The Hall–Kier alpha value is -2.16. The van der Waals surface area contributed by atoms with Gasteiger partial charge in [-0.25, -0.2) is 4.79 Å². The monoisotopic (exact) mass is 680 g/mol. The summed E-state index contributed by atoms with van der Waals surface area (Å²) in [7, 11) is 3.59. The highest BCUT2D eigenvalue weighted by Crippen LogP contribution is 2.37. The normalized spacial score (nSPS) is 42.7. The molecule has 1 aromatic carbocycles. The van der Waals surface area contributed by atoms with Crippen molar-refractivity contribution in [2.75, 3.05) is 20.6 Å². The number of ether oxygens (including phenoxy) is 4. The number of aliphatic hydroxyl groups is 4. The summed E-state index contributed by atoms with van der Waals surface area (Å²) < 4.78 is 24.7. The Bertz CT molecular complexity index is 1180. The van der Waals surface area contributed by atoms with Gasteiger partial charge < -0.3 is 49.6 Å². The number of rotatable bonds is 6. The first kappa shape index (κ1) is 40.3. The van der Waals surface area contributed by atoms with Crippen molar-refractivity contribution >= 4 is 11.9 Å². The first-order valence-corrected chi connectivity index (χ1v) is 17.3. The molecule has 5 N–H and O–H groups in total. The third kappa shape index (κ3) is 9.33. The summed E-state index contributed by atoms with van der Waals surface area (Å²) in [5.74, 6) is -3.40. The number of esters is 2. The maximum atomic E-state index is 13.5. The molecule has 3 rings (SSSR count). The van der Waals surface area contributed by atoms with Crippen LogP contribution in [0.25, 0.3) is 0 Å². The SMILES string of the molecule is CCC1OC(=O)[C@H](C)[C@@H](O)[C@H](C)[C@@H](O[C@@H]2O[C@H](C)C[C@H](NC)[C@H]2OC(=O)c2ccccc2)[C@](C)(O)C[C@@H](C)CN(C)[C@H](C)[C@@H](O)[C@]1(C)O. The number of carbonyl (C=O) groups is 2. The second kappa shape index (κ2) is 16.7. The van der Waals surface area contributed by atoms with E-state index < -0.39 is 77.8 Å². The van der Waals surface area contributed by atoms with Crippen LogP contribution < -0.4 is 5.32 Å². The average Bonchev–Trinajstić information content (AvgIpc) is 3.04. The van der Waals surface area contributed by atoms with Crippen molar-refractivity contribution in [3.05, 3.63) is 35.9 Å². The Labute approximate surface area is 286 Å². The Morgan fingerprint density at radius 3 is 2.29 bits per heavy atom. The van der Waals surface area contributed by atoms with E-state index in [1.165, 1.54) is 13.8 Å². The minimum Gasteiger partial charge on any atom is -0.459 e. The summed E-state index contributed by atoms with van der Waals surface area (Å²) in [5.41, 5.74) is -2.99. The number of benzene rings is 1. The van der Waals surface area contributed by atoms with Gasteiger partial charge in [-0.05, 0) is 86.0 Å². The second-order valence-electron chi connectivity index (χ2n) is 14.7. The summed E-state index contributed by atoms with van der Waals surface area (Å²) in [6.45, 7) is 14.1. The summed E-state index contributed by atoms with van der Waals surface area (Å²) in [4.78, 5) is 28.6. The standard InChI is InChI=1S/C36H60N2O10/c1-11-27-36(8,44)30(40)24(6)38(10)19-20(2)18-35(7,43)31(22(4)28(39)23(5)32(41)46-27)48-34-29(26(37-9)17-21(3)45-34)47-33(42)25-15-13-12-14-16-25/h12-16,20-24,26-31,34,37,39-40,43-44H,11,17-19H2,1-10H3/t20-,21-,22+,23-,24-,26+,27?,28+,29-,30-,31-,34+,35-,36-/m1/s1. The van der Waals surface area contributed by atoms with E-state index in [9.17, 15) is 30.0 Å². The van der Waals surface area contributed by atoms with E-state index in [-0.39, 0.29) is 30.9 Å². The number of likely N-dealkylation sites (N-methyl/N-ethyl adjacent to an activating group) is 2. The largest absolute Gasteiger partial charge is 0.459 e. The van der Waals surface area contributed by atoms with E-state index >= 15 is 0 Å². The van der Waals surface area contributed by atoms with Crippen LogP contribution in [-0.2, 0) is 23.7 Å². The molecule has 0 radical (unpaired) electrons. The van der Waals surface area contributed by atoms with Gasteiger partial charge in [0.1, 0.15) is 17.8 Å². The number of nitrogens with one attached hydrogen (secondary N) is 1. The molecule has 274 valence electrons. The Morgan fingerprint density at radius 1 is 1.08 bits per heavy atom. The second-order valence-corrected chi connectivity index (χ2v) is 14.7. The zero-order valence-electron chi connectivity index (χ0n) is 30.3. The summed E-state index contributed by atoms with van der Waals surface area (Å²) in [5, 5.41) is 49.8. The van der Waals surface area contributed by atoms with E-state index in [0.717, 1.165) is 0 Å². The molecule has 0 bridgehead atoms. The van der Waals surface area contributed by atoms with Gasteiger partial charge in [-0.15, -0.1) is 0 Å². The van der Waals surface area contributed by atoms with Gasteiger partial charge in [-0.3, -0.25) is 4.79 Å². The molecular formula is C36H60N2O10. The maximum absolute atomic E-state index is 13.5. The van der Waals surface area contributed by atoms with E-state index in [4.69, 9.17) is 18.9 Å². The van der Waals surface area contributed by atoms with Gasteiger partial charge in [-0.1, -0.05) is 39.0 Å². The summed E-state index contributed by atoms with van der Waals surface area (Å²) in [6.07, 6.45) is -6.12. The molecule has 2 fully saturated rings. The molecule has 2 aliphatic rings. The van der Waals surface area contributed by atoms with Crippen LogP contribution in [0.5, 0.6) is 0 Å². The predicted molar refractivity (Wildman–Crippen MR) is 180 cm³/mol. The lowest BCUT2D eigenvalue weighted by Crippen LogP contribution is -2.60.